The molecular formula is C23H25F5N6O. The Balaban J connectivity index is 1.39. The van der Waals surface area contributed by atoms with Crippen LogP contribution >= 0.6 is 0 Å². The summed E-state index contributed by atoms with van der Waals surface area (Å²) >= 11 is 0. The monoisotopic (exact) mass is 496 g/mol. The lowest BCUT2D eigenvalue weighted by molar-refractivity contribution is -0.137. The smallest absolute Gasteiger partial charge is 0.342 e. The first-order chi connectivity index (χ1) is 16.6. The number of halogens is 5. The van der Waals surface area contributed by atoms with E-state index in [1.165, 1.54) is 4.90 Å². The summed E-state index contributed by atoms with van der Waals surface area (Å²) in [6, 6.07) is 3.36. The number of rotatable bonds is 5. The second-order valence-corrected chi connectivity index (χ2v) is 9.43. The van der Waals surface area contributed by atoms with Crippen molar-refractivity contribution in [3.05, 3.63) is 35.7 Å². The largest absolute Gasteiger partial charge is 0.416 e. The van der Waals surface area contributed by atoms with E-state index < -0.39 is 24.2 Å². The first kappa shape index (κ1) is 23.7. The molecule has 0 unspecified atom stereocenters. The average Bonchev–Trinajstić information content (AvgIpc) is 3.60. The minimum absolute atomic E-state index is 0.0295. The number of carbonyl (C=O) groups excluding carboxylic acids is 1. The highest BCUT2D eigenvalue weighted by molar-refractivity contribution is 5.81. The Hall–Kier alpha value is -3.05. The number of amides is 1. The van der Waals surface area contributed by atoms with E-state index in [-0.39, 0.29) is 48.3 Å². The fourth-order valence-corrected chi connectivity index (χ4v) is 4.56. The van der Waals surface area contributed by atoms with Gasteiger partial charge in [-0.05, 0) is 37.8 Å². The molecule has 0 bridgehead atoms. The third kappa shape index (κ3) is 5.46. The van der Waals surface area contributed by atoms with E-state index in [1.54, 1.807) is 6.07 Å². The fraction of sp³-hybridized carbons (Fsp3) is 0.565. The molecule has 12 heteroatoms. The van der Waals surface area contributed by atoms with Crippen LogP contribution in [0.5, 0.6) is 0 Å². The number of hydrogen-bond acceptors (Lipinski definition) is 6. The molecule has 35 heavy (non-hydrogen) atoms. The Kier molecular flexibility index (Phi) is 6.00. The van der Waals surface area contributed by atoms with Crippen LogP contribution in [0, 0.1) is 5.92 Å². The Bertz CT molecular complexity index is 1100. The third-order valence-corrected chi connectivity index (χ3v) is 6.68. The summed E-state index contributed by atoms with van der Waals surface area (Å²) in [6.07, 6.45) is -0.616. The maximum Gasteiger partial charge on any atom is 0.416 e. The Morgan fingerprint density at radius 1 is 1.03 bits per heavy atom. The third-order valence-electron chi connectivity index (χ3n) is 6.68. The van der Waals surface area contributed by atoms with Gasteiger partial charge in [0.25, 0.3) is 5.92 Å². The highest BCUT2D eigenvalue weighted by atomic mass is 19.4. The number of carbonyl (C=O) groups is 1. The summed E-state index contributed by atoms with van der Waals surface area (Å²) in [4.78, 5) is 28.4. The Labute approximate surface area is 198 Å². The second-order valence-electron chi connectivity index (χ2n) is 9.43. The van der Waals surface area contributed by atoms with Gasteiger partial charge in [0.15, 0.2) is 0 Å². The SMILES string of the molecule is O=C(C1CC1)N1CCC(c2cc(Nc3cc(C(F)(F)F)ccn3)nc(N3CCC(F)(F)C3)n2)CC1. The summed E-state index contributed by atoms with van der Waals surface area (Å²) in [6.45, 7) is 0.718. The van der Waals surface area contributed by atoms with Gasteiger partial charge in [0, 0.05) is 50.2 Å². The molecule has 1 aliphatic carbocycles. The number of alkyl halides is 5. The van der Waals surface area contributed by atoms with Gasteiger partial charge in [-0.15, -0.1) is 0 Å². The first-order valence-corrected chi connectivity index (χ1v) is 11.7. The number of nitrogens with one attached hydrogen (secondary N) is 1. The molecule has 3 aliphatic rings. The molecule has 2 aromatic heterocycles. The van der Waals surface area contributed by atoms with Gasteiger partial charge in [-0.1, -0.05) is 0 Å². The molecule has 0 radical (unpaired) electrons. The molecule has 4 heterocycles. The lowest BCUT2D eigenvalue weighted by Gasteiger charge is -2.32. The molecule has 2 aromatic rings. The van der Waals surface area contributed by atoms with E-state index >= 15 is 0 Å². The van der Waals surface area contributed by atoms with Crippen molar-refractivity contribution in [2.45, 2.75) is 50.1 Å². The summed E-state index contributed by atoms with van der Waals surface area (Å²) in [5, 5.41) is 2.79. The normalized spacial score (nSPS) is 20.8. The predicted octanol–water partition coefficient (Wildman–Crippen LogP) is 4.60. The standard InChI is InChI=1S/C23H25F5N6O/c24-22(25)6-10-34(13-22)21-30-17(14-4-8-33(9-5-14)20(35)15-1-2-15)12-19(32-21)31-18-11-16(3-7-29-18)23(26,27)28/h3,7,11-12,14-15H,1-2,4-6,8-10,13H2,(H,29,30,31,32). The minimum atomic E-state index is -4.53. The molecule has 0 spiro atoms. The first-order valence-electron chi connectivity index (χ1n) is 11.7. The average molecular weight is 496 g/mol. The molecule has 2 aliphatic heterocycles. The molecule has 1 saturated carbocycles. The van der Waals surface area contributed by atoms with Gasteiger partial charge in [0.1, 0.15) is 11.6 Å². The zero-order chi connectivity index (χ0) is 24.8. The number of aromatic nitrogens is 3. The molecule has 7 nitrogen and oxygen atoms in total. The van der Waals surface area contributed by atoms with Crippen molar-refractivity contribution in [2.75, 3.05) is 36.4 Å². The summed E-state index contributed by atoms with van der Waals surface area (Å²) in [5.74, 6) is -2.34. The number of anilines is 3. The molecular weight excluding hydrogens is 471 g/mol. The molecule has 3 fully saturated rings. The number of piperidine rings is 1. The van der Waals surface area contributed by atoms with E-state index in [2.05, 4.69) is 20.3 Å². The van der Waals surface area contributed by atoms with Gasteiger partial charge >= 0.3 is 6.18 Å². The van der Waals surface area contributed by atoms with Gasteiger partial charge in [-0.3, -0.25) is 4.79 Å². The maximum atomic E-state index is 13.9. The van der Waals surface area contributed by atoms with Crippen LogP contribution in [0.4, 0.5) is 39.5 Å². The summed E-state index contributed by atoms with van der Waals surface area (Å²) in [7, 11) is 0. The summed E-state index contributed by atoms with van der Waals surface area (Å²) < 4.78 is 67.1. The lowest BCUT2D eigenvalue weighted by atomic mass is 9.93. The van der Waals surface area contributed by atoms with Gasteiger partial charge < -0.3 is 15.1 Å². The van der Waals surface area contributed by atoms with Crippen molar-refractivity contribution in [2.24, 2.45) is 5.92 Å². The number of pyridine rings is 1. The van der Waals surface area contributed by atoms with E-state index in [0.29, 0.717) is 31.6 Å². The van der Waals surface area contributed by atoms with Crippen LogP contribution in [0.1, 0.15) is 49.3 Å². The molecule has 188 valence electrons. The highest BCUT2D eigenvalue weighted by Crippen LogP contribution is 2.36. The van der Waals surface area contributed by atoms with Gasteiger partial charge in [0.2, 0.25) is 11.9 Å². The lowest BCUT2D eigenvalue weighted by Crippen LogP contribution is -2.39. The van der Waals surface area contributed by atoms with Gasteiger partial charge in [-0.25, -0.2) is 18.7 Å². The molecule has 1 amide bonds. The molecule has 5 rings (SSSR count). The van der Waals surface area contributed by atoms with E-state index in [0.717, 1.165) is 31.2 Å². The van der Waals surface area contributed by atoms with Crippen molar-refractivity contribution in [3.8, 4) is 0 Å². The topological polar surface area (TPSA) is 74.2 Å². The quantitative estimate of drug-likeness (QED) is 0.611. The van der Waals surface area contributed by atoms with Crippen LogP contribution in [-0.4, -0.2) is 57.9 Å². The van der Waals surface area contributed by atoms with Crippen LogP contribution in [0.2, 0.25) is 0 Å². The van der Waals surface area contributed by atoms with Crippen LogP contribution in [-0.2, 0) is 11.0 Å². The zero-order valence-corrected chi connectivity index (χ0v) is 18.9. The van der Waals surface area contributed by atoms with Crippen LogP contribution in [0.25, 0.3) is 0 Å². The van der Waals surface area contributed by atoms with Gasteiger partial charge in [0.05, 0.1) is 17.8 Å². The fourth-order valence-electron chi connectivity index (χ4n) is 4.56. The highest BCUT2D eigenvalue weighted by Gasteiger charge is 2.40. The zero-order valence-electron chi connectivity index (χ0n) is 18.9. The van der Waals surface area contributed by atoms with Crippen molar-refractivity contribution in [1.82, 2.24) is 19.9 Å². The second kappa shape index (κ2) is 8.87. The molecule has 0 atom stereocenters. The van der Waals surface area contributed by atoms with Crippen molar-refractivity contribution in [3.63, 3.8) is 0 Å². The predicted molar refractivity (Wildman–Crippen MR) is 118 cm³/mol. The van der Waals surface area contributed by atoms with Crippen molar-refractivity contribution in [1.29, 1.82) is 0 Å². The van der Waals surface area contributed by atoms with E-state index in [4.69, 9.17) is 0 Å². The molecule has 2 saturated heterocycles. The maximum absolute atomic E-state index is 13.9. The van der Waals surface area contributed by atoms with Crippen molar-refractivity contribution < 1.29 is 26.7 Å². The number of hydrogen-bond donors (Lipinski definition) is 1. The minimum Gasteiger partial charge on any atom is -0.342 e. The van der Waals surface area contributed by atoms with E-state index in [9.17, 15) is 26.7 Å². The Morgan fingerprint density at radius 3 is 2.40 bits per heavy atom. The molecule has 1 N–H and O–H groups in total. The Morgan fingerprint density at radius 2 is 1.77 bits per heavy atom. The number of nitrogens with zero attached hydrogens (tertiary/aromatic N) is 5. The molecule has 0 aromatic carbocycles. The van der Waals surface area contributed by atoms with Crippen LogP contribution in [0.3, 0.4) is 0 Å². The van der Waals surface area contributed by atoms with Gasteiger partial charge in [-0.2, -0.15) is 18.2 Å². The van der Waals surface area contributed by atoms with Crippen molar-refractivity contribution >= 4 is 23.5 Å². The van der Waals surface area contributed by atoms with E-state index in [1.807, 2.05) is 4.90 Å². The van der Waals surface area contributed by atoms with Crippen LogP contribution in [0.15, 0.2) is 24.4 Å². The van der Waals surface area contributed by atoms with Crippen LogP contribution < -0.4 is 10.2 Å². The number of likely N-dealkylation sites (tertiary alicyclic amines) is 1. The summed E-state index contributed by atoms with van der Waals surface area (Å²) in [5.41, 5.74) is -0.255.